The first-order chi connectivity index (χ1) is 21.1. The van der Waals surface area contributed by atoms with Crippen LogP contribution >= 0.6 is 0 Å². The Bertz CT molecular complexity index is 1830. The molecular weight excluding hydrogens is 756 g/mol. The molecule has 0 saturated heterocycles. The number of hydrogen-bond acceptors (Lipinski definition) is 12. The van der Waals surface area contributed by atoms with E-state index in [4.69, 9.17) is 44.2 Å². The van der Waals surface area contributed by atoms with Crippen molar-refractivity contribution in [2.75, 3.05) is 11.5 Å². The van der Waals surface area contributed by atoms with E-state index >= 15 is 0 Å². The molecule has 0 aliphatic carbocycles. The molecule has 2 heterocycles. The van der Waals surface area contributed by atoms with Gasteiger partial charge in [0.2, 0.25) is 0 Å². The van der Waals surface area contributed by atoms with Gasteiger partial charge in [0.25, 0.3) is 20.2 Å². The van der Waals surface area contributed by atoms with Crippen LogP contribution in [0.3, 0.4) is 0 Å². The maximum absolute atomic E-state index is 10.6. The molecule has 2 N–H and O–H groups in total. The van der Waals surface area contributed by atoms with Crippen molar-refractivity contribution in [2.45, 2.75) is 38.8 Å². The average molecular weight is 788 g/mol. The summed E-state index contributed by atoms with van der Waals surface area (Å²) in [5.74, 6) is -0.331. The number of unbranched alkanes of at least 4 members (excludes halogenated alkanes) is 2. The van der Waals surface area contributed by atoms with Crippen LogP contribution < -0.4 is 9.13 Å². The molecule has 2 aromatic heterocycles. The number of hydrogen-bond donors (Lipinski definition) is 2. The first-order valence-corrected chi connectivity index (χ1v) is 19.0. The van der Waals surface area contributed by atoms with E-state index in [0.717, 1.165) is 36.7 Å². The molecule has 0 bridgehead atoms. The van der Waals surface area contributed by atoms with Gasteiger partial charge in [-0.15, -0.1) is 0 Å². The Morgan fingerprint density at radius 2 is 0.766 bits per heavy atom. The van der Waals surface area contributed by atoms with Crippen molar-refractivity contribution in [1.82, 2.24) is 0 Å². The third-order valence-corrected chi connectivity index (χ3v) is 7.24. The van der Waals surface area contributed by atoms with Crippen molar-refractivity contribution in [3.05, 3.63) is 85.5 Å². The Balaban J connectivity index is 0.000000690. The SMILES string of the molecule is O=S(=O)(O)CCCC[n+]1ccc2ccccc2c1.O=S(=O)(O)CCCC[n+]1ccc2ccccc2c1.O=S(=O)([O-])[O-].O=S(=O)([O-])[O-].[Cu+2]. The van der Waals surface area contributed by atoms with Crippen LogP contribution in [0.5, 0.6) is 0 Å². The molecular formula is C26H32CuN2O14S4. The number of fused-ring (bicyclic) bond motifs is 2. The summed E-state index contributed by atoms with van der Waals surface area (Å²) < 4.78 is 132. The van der Waals surface area contributed by atoms with E-state index in [0.29, 0.717) is 12.8 Å². The van der Waals surface area contributed by atoms with Crippen molar-refractivity contribution in [3.63, 3.8) is 0 Å². The topological polar surface area (TPSA) is 277 Å². The zero-order valence-corrected chi connectivity index (χ0v) is 28.6. The molecule has 265 valence electrons. The Labute approximate surface area is 284 Å². The van der Waals surface area contributed by atoms with Crippen LogP contribution in [0, 0.1) is 0 Å². The average Bonchev–Trinajstić information content (AvgIpc) is 2.91. The summed E-state index contributed by atoms with van der Waals surface area (Å²) in [7, 11) is -18.0. The van der Waals surface area contributed by atoms with Crippen molar-refractivity contribution in [3.8, 4) is 0 Å². The maximum Gasteiger partial charge on any atom is 2.00 e. The summed E-state index contributed by atoms with van der Waals surface area (Å²) in [4.78, 5) is 0. The summed E-state index contributed by atoms with van der Waals surface area (Å²) in [6.45, 7) is 1.50. The van der Waals surface area contributed by atoms with E-state index in [1.165, 1.54) is 10.8 Å². The summed E-state index contributed by atoms with van der Waals surface area (Å²) in [5, 5.41) is 4.70. The Morgan fingerprint density at radius 1 is 0.489 bits per heavy atom. The molecule has 0 amide bonds. The van der Waals surface area contributed by atoms with Gasteiger partial charge in [-0.25, -0.2) is 9.13 Å². The van der Waals surface area contributed by atoms with Gasteiger partial charge in [-0.2, -0.15) is 16.8 Å². The summed E-state index contributed by atoms with van der Waals surface area (Å²) in [6, 6.07) is 20.3. The van der Waals surface area contributed by atoms with Crippen LogP contribution in [0.4, 0.5) is 0 Å². The third-order valence-electron chi connectivity index (χ3n) is 5.63. The van der Waals surface area contributed by atoms with Crippen molar-refractivity contribution in [2.24, 2.45) is 0 Å². The monoisotopic (exact) mass is 787 g/mol. The fraction of sp³-hybridized carbons (Fsp3) is 0.308. The van der Waals surface area contributed by atoms with Gasteiger partial charge >= 0.3 is 17.1 Å². The molecule has 47 heavy (non-hydrogen) atoms. The number of aryl methyl sites for hydroxylation is 2. The first kappa shape index (κ1) is 44.3. The summed E-state index contributed by atoms with van der Waals surface area (Å²) in [6.07, 6.45) is 10.4. The molecule has 0 spiro atoms. The standard InChI is InChI=1S/2C13H15NO3S.Cu.2H2O4S/c2*15-18(16,17)10-4-3-8-14-9-7-12-5-1-2-6-13(12)11-14;;2*1-5(2,3)4/h2*1-2,5-7,9,11H,3-4,8,10H2;;2*(H2,1,2,3,4)/q;;+2;;/p-2. The molecule has 16 nitrogen and oxygen atoms in total. The molecule has 0 aliphatic heterocycles. The van der Waals surface area contributed by atoms with Crippen LogP contribution in [-0.2, 0) is 71.2 Å². The van der Waals surface area contributed by atoms with Crippen LogP contribution in [0.25, 0.3) is 21.5 Å². The second-order valence-electron chi connectivity index (χ2n) is 9.43. The zero-order chi connectivity index (χ0) is 35.0. The zero-order valence-electron chi connectivity index (χ0n) is 24.4. The van der Waals surface area contributed by atoms with Gasteiger partial charge in [-0.05, 0) is 35.7 Å². The number of pyridine rings is 2. The van der Waals surface area contributed by atoms with E-state index in [-0.39, 0.29) is 28.6 Å². The van der Waals surface area contributed by atoms with E-state index in [1.54, 1.807) is 0 Å². The smallest absolute Gasteiger partial charge is 0.759 e. The molecule has 1 radical (unpaired) electrons. The second-order valence-corrected chi connectivity index (χ2v) is 14.2. The van der Waals surface area contributed by atoms with E-state index in [1.807, 2.05) is 82.5 Å². The summed E-state index contributed by atoms with van der Waals surface area (Å²) >= 11 is 0. The quantitative estimate of drug-likeness (QED) is 0.0743. The van der Waals surface area contributed by atoms with Gasteiger partial charge in [0, 0.05) is 56.5 Å². The van der Waals surface area contributed by atoms with Crippen LogP contribution in [-0.4, -0.2) is 72.5 Å². The fourth-order valence-electron chi connectivity index (χ4n) is 3.79. The van der Waals surface area contributed by atoms with Crippen LogP contribution in [0.2, 0.25) is 0 Å². The van der Waals surface area contributed by atoms with Crippen molar-refractivity contribution >= 4 is 62.6 Å². The van der Waals surface area contributed by atoms with Gasteiger partial charge in [0.15, 0.2) is 24.8 Å². The molecule has 2 aromatic carbocycles. The van der Waals surface area contributed by atoms with Gasteiger partial charge in [0.05, 0.1) is 11.5 Å². The predicted octanol–water partition coefficient (Wildman–Crippen LogP) is 0.912. The molecule has 0 saturated carbocycles. The third kappa shape index (κ3) is 26.0. The Morgan fingerprint density at radius 3 is 1.04 bits per heavy atom. The van der Waals surface area contributed by atoms with Gasteiger partial charge in [-0.3, -0.25) is 25.9 Å². The normalized spacial score (nSPS) is 11.5. The van der Waals surface area contributed by atoms with E-state index in [9.17, 15) is 16.8 Å². The molecule has 0 unspecified atom stereocenters. The fourth-order valence-corrected chi connectivity index (χ4v) is 4.93. The molecule has 4 rings (SSSR count). The maximum atomic E-state index is 10.6. The van der Waals surface area contributed by atoms with E-state index < -0.39 is 41.0 Å². The molecule has 4 aromatic rings. The van der Waals surface area contributed by atoms with Crippen molar-refractivity contribution in [1.29, 1.82) is 0 Å². The minimum absolute atomic E-state index is 0. The second kappa shape index (κ2) is 20.6. The van der Waals surface area contributed by atoms with Gasteiger partial charge < -0.3 is 18.2 Å². The predicted molar refractivity (Wildman–Crippen MR) is 161 cm³/mol. The minimum atomic E-state index is -5.17. The molecule has 0 aliphatic rings. The first-order valence-electron chi connectivity index (χ1n) is 13.1. The molecule has 0 atom stereocenters. The molecule has 0 fully saturated rings. The van der Waals surface area contributed by atoms with Crippen LogP contribution in [0.15, 0.2) is 85.5 Å². The van der Waals surface area contributed by atoms with Gasteiger partial charge in [0.1, 0.15) is 13.1 Å². The minimum Gasteiger partial charge on any atom is -0.759 e. The van der Waals surface area contributed by atoms with Crippen LogP contribution in [0.1, 0.15) is 25.7 Å². The van der Waals surface area contributed by atoms with Crippen molar-refractivity contribution < 1.29 is 87.2 Å². The number of benzene rings is 2. The molecule has 21 heteroatoms. The number of nitrogens with zero attached hydrogens (tertiary/aromatic N) is 2. The van der Waals surface area contributed by atoms with Gasteiger partial charge in [-0.1, -0.05) is 36.4 Å². The Hall–Kier alpha value is -2.66. The number of aromatic nitrogens is 2. The Kier molecular flexibility index (Phi) is 19.5. The number of rotatable bonds is 10. The summed E-state index contributed by atoms with van der Waals surface area (Å²) in [5.41, 5.74) is 0. The largest absolute Gasteiger partial charge is 2.00 e. The van der Waals surface area contributed by atoms with E-state index in [2.05, 4.69) is 12.1 Å².